The van der Waals surface area contributed by atoms with Gasteiger partial charge in [-0.05, 0) is 90.2 Å². The molecule has 0 saturated heterocycles. The number of aromatic nitrogens is 2. The summed E-state index contributed by atoms with van der Waals surface area (Å²) in [5.41, 5.74) is 1.59. The van der Waals surface area contributed by atoms with Gasteiger partial charge in [0, 0.05) is 9.13 Å². The van der Waals surface area contributed by atoms with Crippen molar-refractivity contribution >= 4 is 51.6 Å². The Morgan fingerprint density at radius 3 is 2.56 bits per heavy atom. The second-order valence-corrected chi connectivity index (χ2v) is 8.14. The molecule has 1 heterocycles. The lowest BCUT2D eigenvalue weighted by molar-refractivity contribution is 0.0526. The molecule has 5 nitrogen and oxygen atoms in total. The van der Waals surface area contributed by atoms with E-state index in [2.05, 4.69) is 27.6 Å². The highest BCUT2D eigenvalue weighted by Crippen LogP contribution is 2.19. The van der Waals surface area contributed by atoms with Crippen LogP contribution >= 0.6 is 22.6 Å². The van der Waals surface area contributed by atoms with Crippen LogP contribution in [0.15, 0.2) is 71.5 Å². The van der Waals surface area contributed by atoms with E-state index in [1.165, 1.54) is 10.6 Å². The van der Waals surface area contributed by atoms with Gasteiger partial charge in [0.1, 0.15) is 11.6 Å². The van der Waals surface area contributed by atoms with Gasteiger partial charge in [0.05, 0.1) is 28.8 Å². The normalized spacial score (nSPS) is 11.2. The molecule has 1 aromatic heterocycles. The van der Waals surface area contributed by atoms with Crippen molar-refractivity contribution in [1.29, 1.82) is 0 Å². The summed E-state index contributed by atoms with van der Waals surface area (Å²) in [7, 11) is 0. The van der Waals surface area contributed by atoms with Crippen LogP contribution in [0.4, 0.5) is 4.39 Å². The molecule has 4 rings (SSSR count). The minimum absolute atomic E-state index is 0.259. The van der Waals surface area contributed by atoms with E-state index in [0.29, 0.717) is 33.5 Å². The van der Waals surface area contributed by atoms with E-state index in [4.69, 9.17) is 4.74 Å². The quantitative estimate of drug-likeness (QED) is 0.249. The SMILES string of the molecule is CCOC(=O)c1ccc(-n2c(C=Cc3ccccc3F)nc3ccc(I)cc3c2=O)cc1. The van der Waals surface area contributed by atoms with Crippen molar-refractivity contribution in [3.8, 4) is 5.69 Å². The number of ether oxygens (including phenoxy) is 1. The monoisotopic (exact) mass is 540 g/mol. The maximum atomic E-state index is 14.1. The number of nitrogens with zero attached hydrogens (tertiary/aromatic N) is 2. The van der Waals surface area contributed by atoms with Crippen LogP contribution in [-0.4, -0.2) is 22.1 Å². The molecule has 0 aliphatic rings. The van der Waals surface area contributed by atoms with Crippen LogP contribution in [0.5, 0.6) is 0 Å². The number of carbonyl (C=O) groups excluding carboxylic acids is 1. The van der Waals surface area contributed by atoms with Crippen molar-refractivity contribution in [1.82, 2.24) is 9.55 Å². The van der Waals surface area contributed by atoms with Gasteiger partial charge >= 0.3 is 5.97 Å². The fourth-order valence-electron chi connectivity index (χ4n) is 3.27. The van der Waals surface area contributed by atoms with Crippen molar-refractivity contribution < 1.29 is 13.9 Å². The lowest BCUT2D eigenvalue weighted by Crippen LogP contribution is -2.22. The molecule has 0 fully saturated rings. The minimum Gasteiger partial charge on any atom is -0.462 e. The van der Waals surface area contributed by atoms with E-state index in [9.17, 15) is 14.0 Å². The van der Waals surface area contributed by atoms with Crippen LogP contribution in [0.3, 0.4) is 0 Å². The van der Waals surface area contributed by atoms with Crippen molar-refractivity contribution in [2.24, 2.45) is 0 Å². The number of rotatable bonds is 5. The number of esters is 1. The molecule has 7 heteroatoms. The predicted octanol–water partition coefficient (Wildman–Crippen LogP) is 5.48. The summed E-state index contributed by atoms with van der Waals surface area (Å²) in [4.78, 5) is 30.0. The van der Waals surface area contributed by atoms with Gasteiger partial charge in [0.15, 0.2) is 0 Å². The number of hydrogen-bond acceptors (Lipinski definition) is 4. The third-order valence-corrected chi connectivity index (χ3v) is 5.48. The minimum atomic E-state index is -0.433. The topological polar surface area (TPSA) is 61.2 Å². The van der Waals surface area contributed by atoms with E-state index < -0.39 is 5.97 Å². The molecule has 32 heavy (non-hydrogen) atoms. The smallest absolute Gasteiger partial charge is 0.338 e. The summed E-state index contributed by atoms with van der Waals surface area (Å²) >= 11 is 2.14. The van der Waals surface area contributed by atoms with Crippen LogP contribution in [-0.2, 0) is 4.74 Å². The molecular weight excluding hydrogens is 522 g/mol. The van der Waals surface area contributed by atoms with Crippen LogP contribution < -0.4 is 5.56 Å². The summed E-state index contributed by atoms with van der Waals surface area (Å²) in [5, 5.41) is 0.467. The molecule has 0 atom stereocenters. The molecule has 0 bridgehead atoms. The van der Waals surface area contributed by atoms with Gasteiger partial charge < -0.3 is 4.74 Å². The Labute approximate surface area is 197 Å². The van der Waals surface area contributed by atoms with Gasteiger partial charge in [-0.25, -0.2) is 14.2 Å². The first-order valence-electron chi connectivity index (χ1n) is 9.90. The van der Waals surface area contributed by atoms with E-state index in [1.54, 1.807) is 73.7 Å². The molecule has 0 aliphatic carbocycles. The van der Waals surface area contributed by atoms with Gasteiger partial charge in [0.25, 0.3) is 5.56 Å². The Morgan fingerprint density at radius 2 is 1.84 bits per heavy atom. The molecule has 4 aromatic rings. The number of hydrogen-bond donors (Lipinski definition) is 0. The Balaban J connectivity index is 1.88. The molecule has 0 unspecified atom stereocenters. The average Bonchev–Trinajstić information content (AvgIpc) is 2.79. The standard InChI is InChI=1S/C25H18FIN2O3/c1-2-32-25(31)17-7-11-19(12-8-17)29-23(14-9-16-5-3-4-6-21(16)26)28-22-13-10-18(27)15-20(22)24(29)30/h3-15H,2H2,1H3. The number of halogens is 2. The number of benzene rings is 3. The van der Waals surface area contributed by atoms with Crippen LogP contribution in [0, 0.1) is 9.39 Å². The van der Waals surface area contributed by atoms with Crippen molar-refractivity contribution in [3.63, 3.8) is 0 Å². The molecule has 0 N–H and O–H groups in total. The first-order chi connectivity index (χ1) is 15.5. The van der Waals surface area contributed by atoms with Crippen molar-refractivity contribution in [3.05, 3.63) is 103 Å². The van der Waals surface area contributed by atoms with Gasteiger partial charge in [-0.1, -0.05) is 18.2 Å². The Bertz CT molecular complexity index is 1390. The highest BCUT2D eigenvalue weighted by Gasteiger charge is 2.13. The summed E-state index contributed by atoms with van der Waals surface area (Å²) < 4.78 is 21.5. The summed E-state index contributed by atoms with van der Waals surface area (Å²) in [6, 6.07) is 18.3. The van der Waals surface area contributed by atoms with Crippen LogP contribution in [0.2, 0.25) is 0 Å². The highest BCUT2D eigenvalue weighted by molar-refractivity contribution is 14.1. The van der Waals surface area contributed by atoms with E-state index in [1.807, 2.05) is 6.07 Å². The van der Waals surface area contributed by atoms with Gasteiger partial charge in [-0.3, -0.25) is 9.36 Å². The fraction of sp³-hybridized carbons (Fsp3) is 0.0800. The maximum Gasteiger partial charge on any atom is 0.338 e. The maximum absolute atomic E-state index is 14.1. The first-order valence-corrected chi connectivity index (χ1v) is 11.0. The molecule has 3 aromatic carbocycles. The fourth-order valence-corrected chi connectivity index (χ4v) is 3.76. The highest BCUT2D eigenvalue weighted by atomic mass is 127. The predicted molar refractivity (Wildman–Crippen MR) is 131 cm³/mol. The van der Waals surface area contributed by atoms with Crippen LogP contribution in [0.25, 0.3) is 28.7 Å². The third kappa shape index (κ3) is 4.47. The molecule has 0 aliphatic heterocycles. The Morgan fingerprint density at radius 1 is 1.09 bits per heavy atom. The largest absolute Gasteiger partial charge is 0.462 e. The zero-order valence-electron chi connectivity index (χ0n) is 17.1. The number of carbonyl (C=O) groups is 1. The zero-order valence-corrected chi connectivity index (χ0v) is 19.2. The molecule has 0 amide bonds. The molecule has 0 saturated carbocycles. The third-order valence-electron chi connectivity index (χ3n) is 4.81. The Kier molecular flexibility index (Phi) is 6.45. The summed E-state index contributed by atoms with van der Waals surface area (Å²) in [6.07, 6.45) is 3.19. The van der Waals surface area contributed by atoms with Crippen molar-refractivity contribution in [2.75, 3.05) is 6.61 Å². The second kappa shape index (κ2) is 9.44. The van der Waals surface area contributed by atoms with Gasteiger partial charge in [-0.15, -0.1) is 0 Å². The molecular formula is C25H18FIN2O3. The average molecular weight is 540 g/mol. The van der Waals surface area contributed by atoms with E-state index in [0.717, 1.165) is 3.57 Å². The van der Waals surface area contributed by atoms with E-state index >= 15 is 0 Å². The van der Waals surface area contributed by atoms with E-state index in [-0.39, 0.29) is 18.0 Å². The second-order valence-electron chi connectivity index (χ2n) is 6.89. The van der Waals surface area contributed by atoms with Gasteiger partial charge in [-0.2, -0.15) is 0 Å². The molecule has 0 radical (unpaired) electrons. The summed E-state index contributed by atoms with van der Waals surface area (Å²) in [6.45, 7) is 2.01. The van der Waals surface area contributed by atoms with Crippen LogP contribution in [0.1, 0.15) is 28.7 Å². The lowest BCUT2D eigenvalue weighted by atomic mass is 10.1. The lowest BCUT2D eigenvalue weighted by Gasteiger charge is -2.12. The summed E-state index contributed by atoms with van der Waals surface area (Å²) in [5.74, 6) is -0.458. The Hall–Kier alpha value is -3.33. The first kappa shape index (κ1) is 21.9. The molecule has 160 valence electrons. The zero-order chi connectivity index (χ0) is 22.7. The molecule has 0 spiro atoms. The van der Waals surface area contributed by atoms with Gasteiger partial charge in [0.2, 0.25) is 0 Å². The van der Waals surface area contributed by atoms with Crippen molar-refractivity contribution in [2.45, 2.75) is 6.92 Å². The number of fused-ring (bicyclic) bond motifs is 1.